The number of allylic oxidation sites excluding steroid dienone is 1. The highest BCUT2D eigenvalue weighted by Crippen LogP contribution is 2.35. The summed E-state index contributed by atoms with van der Waals surface area (Å²) in [4.78, 5) is 5.28. The number of fused-ring (bicyclic) bond motifs is 1. The van der Waals surface area contributed by atoms with E-state index in [9.17, 15) is 0 Å². The molecule has 1 aromatic heterocycles. The third-order valence-corrected chi connectivity index (χ3v) is 6.31. The van der Waals surface area contributed by atoms with E-state index in [1.165, 1.54) is 20.5 Å². The van der Waals surface area contributed by atoms with Gasteiger partial charge in [-0.2, -0.15) is 0 Å². The fourth-order valence-electron chi connectivity index (χ4n) is 3.39. The number of thiophene rings is 1. The third-order valence-electron chi connectivity index (χ3n) is 5.14. The first-order chi connectivity index (χ1) is 17.1. The molecule has 0 fully saturated rings. The number of ether oxygens (including phenoxy) is 1. The van der Waals surface area contributed by atoms with Crippen LogP contribution in [0.4, 0.5) is 0 Å². The Hall–Kier alpha value is -3.23. The molecule has 0 amide bonds. The number of hydrogen-bond donors (Lipinski definition) is 5. The summed E-state index contributed by atoms with van der Waals surface area (Å²) in [5, 5.41) is 7.92. The van der Waals surface area contributed by atoms with Crippen LogP contribution in [0.25, 0.3) is 20.5 Å². The zero-order chi connectivity index (χ0) is 25.5. The minimum Gasteiger partial charge on any atom is -0.491 e. The van der Waals surface area contributed by atoms with Crippen molar-refractivity contribution in [2.75, 3.05) is 26.2 Å². The smallest absolute Gasteiger partial charge is 0.185 e. The van der Waals surface area contributed by atoms with Gasteiger partial charge in [0, 0.05) is 28.2 Å². The lowest BCUT2D eigenvalue weighted by Gasteiger charge is -2.14. The summed E-state index contributed by atoms with van der Waals surface area (Å²) in [7, 11) is 0. The van der Waals surface area contributed by atoms with Crippen LogP contribution in [0.15, 0.2) is 65.4 Å². The highest BCUT2D eigenvalue weighted by atomic mass is 32.1. The van der Waals surface area contributed by atoms with Gasteiger partial charge in [-0.25, -0.2) is 0 Å². The summed E-state index contributed by atoms with van der Waals surface area (Å²) in [6.45, 7) is 9.33. The van der Waals surface area contributed by atoms with Crippen LogP contribution in [-0.4, -0.2) is 32.2 Å². The van der Waals surface area contributed by atoms with Crippen LogP contribution in [0.2, 0.25) is 0 Å². The Morgan fingerprint density at radius 1 is 1.03 bits per heavy atom. The SMILES string of the molecule is C/C=C(\N)NCCOc1ccc(-c2cc3ccccc3s2)cc1CNCCCCN=C(N)N.CC. The molecule has 8 heteroatoms. The van der Waals surface area contributed by atoms with E-state index in [0.717, 1.165) is 37.2 Å². The summed E-state index contributed by atoms with van der Waals surface area (Å²) in [5.74, 6) is 1.68. The average Bonchev–Trinajstić information content (AvgIpc) is 3.32. The number of aliphatic imine (C=N–C) groups is 1. The number of nitrogens with zero attached hydrogens (tertiary/aromatic N) is 1. The summed E-state index contributed by atoms with van der Waals surface area (Å²) < 4.78 is 7.37. The van der Waals surface area contributed by atoms with E-state index in [-0.39, 0.29) is 5.96 Å². The summed E-state index contributed by atoms with van der Waals surface area (Å²) in [5.41, 5.74) is 18.9. The van der Waals surface area contributed by atoms with Gasteiger partial charge < -0.3 is 32.6 Å². The van der Waals surface area contributed by atoms with Crippen LogP contribution < -0.4 is 32.6 Å². The van der Waals surface area contributed by atoms with E-state index in [2.05, 4.69) is 64.2 Å². The topological polar surface area (TPSA) is 124 Å². The zero-order valence-electron chi connectivity index (χ0n) is 21.1. The highest BCUT2D eigenvalue weighted by molar-refractivity contribution is 7.22. The van der Waals surface area contributed by atoms with Crippen molar-refractivity contribution in [1.82, 2.24) is 10.6 Å². The van der Waals surface area contributed by atoms with Gasteiger partial charge >= 0.3 is 0 Å². The van der Waals surface area contributed by atoms with Gasteiger partial charge in [-0.1, -0.05) is 32.0 Å². The summed E-state index contributed by atoms with van der Waals surface area (Å²) >= 11 is 1.81. The molecule has 0 unspecified atom stereocenters. The third kappa shape index (κ3) is 9.50. The van der Waals surface area contributed by atoms with Gasteiger partial charge in [0.1, 0.15) is 12.4 Å². The van der Waals surface area contributed by atoms with Gasteiger partial charge in [0.2, 0.25) is 0 Å². The molecule has 0 bridgehead atoms. The van der Waals surface area contributed by atoms with E-state index >= 15 is 0 Å². The number of guanidine groups is 1. The first kappa shape index (κ1) is 28.0. The molecule has 0 radical (unpaired) electrons. The molecule has 0 spiro atoms. The number of rotatable bonds is 13. The second kappa shape index (κ2) is 15.6. The first-order valence-corrected chi connectivity index (χ1v) is 13.0. The van der Waals surface area contributed by atoms with Crippen LogP contribution in [0.1, 0.15) is 39.2 Å². The maximum Gasteiger partial charge on any atom is 0.185 e. The molecule has 0 atom stereocenters. The Bertz CT molecular complexity index is 1060. The molecule has 35 heavy (non-hydrogen) atoms. The Morgan fingerprint density at radius 3 is 2.57 bits per heavy atom. The maximum absolute atomic E-state index is 6.08. The van der Waals surface area contributed by atoms with Crippen molar-refractivity contribution in [3.8, 4) is 16.2 Å². The lowest BCUT2D eigenvalue weighted by Crippen LogP contribution is -2.25. The maximum atomic E-state index is 6.08. The second-order valence-corrected chi connectivity index (χ2v) is 8.76. The molecule has 0 saturated heterocycles. The lowest BCUT2D eigenvalue weighted by atomic mass is 10.1. The van der Waals surface area contributed by atoms with Crippen LogP contribution in [-0.2, 0) is 6.54 Å². The Kier molecular flexibility index (Phi) is 12.5. The second-order valence-electron chi connectivity index (χ2n) is 7.68. The van der Waals surface area contributed by atoms with Crippen LogP contribution in [0, 0.1) is 0 Å². The quantitative estimate of drug-likeness (QED) is 0.135. The van der Waals surface area contributed by atoms with Gasteiger partial charge in [0.25, 0.3) is 0 Å². The van der Waals surface area contributed by atoms with Crippen molar-refractivity contribution in [3.63, 3.8) is 0 Å². The fraction of sp³-hybridized carbons (Fsp3) is 0.370. The monoisotopic (exact) mass is 496 g/mol. The number of nitrogens with one attached hydrogen (secondary N) is 2. The molecule has 1 heterocycles. The van der Waals surface area contributed by atoms with Crippen molar-refractivity contribution in [1.29, 1.82) is 0 Å². The lowest BCUT2D eigenvalue weighted by molar-refractivity contribution is 0.314. The van der Waals surface area contributed by atoms with Crippen LogP contribution in [0.5, 0.6) is 5.75 Å². The molecule has 2 aromatic carbocycles. The molecule has 190 valence electrons. The number of benzene rings is 2. The highest BCUT2D eigenvalue weighted by Gasteiger charge is 2.10. The molecule has 0 aliphatic carbocycles. The first-order valence-electron chi connectivity index (χ1n) is 12.2. The van der Waals surface area contributed by atoms with Crippen molar-refractivity contribution in [2.24, 2.45) is 22.2 Å². The summed E-state index contributed by atoms with van der Waals surface area (Å²) in [6, 6.07) is 17.1. The van der Waals surface area contributed by atoms with Gasteiger partial charge in [-0.15, -0.1) is 11.3 Å². The zero-order valence-corrected chi connectivity index (χ0v) is 22.0. The van der Waals surface area contributed by atoms with Crippen LogP contribution in [0.3, 0.4) is 0 Å². The van der Waals surface area contributed by atoms with Gasteiger partial charge in [0.05, 0.1) is 12.4 Å². The van der Waals surface area contributed by atoms with E-state index < -0.39 is 0 Å². The van der Waals surface area contributed by atoms with Crippen molar-refractivity contribution >= 4 is 27.4 Å². The molecule has 0 aliphatic rings. The average molecular weight is 497 g/mol. The van der Waals surface area contributed by atoms with Crippen molar-refractivity contribution in [2.45, 2.75) is 40.2 Å². The van der Waals surface area contributed by atoms with Gasteiger partial charge in [-0.3, -0.25) is 4.99 Å². The molecule has 0 saturated carbocycles. The molecule has 0 aliphatic heterocycles. The normalized spacial score (nSPS) is 11.0. The Balaban J connectivity index is 0.00000210. The van der Waals surface area contributed by atoms with E-state index in [4.69, 9.17) is 21.9 Å². The Morgan fingerprint density at radius 2 is 1.83 bits per heavy atom. The number of hydrogen-bond acceptors (Lipinski definition) is 6. The number of unbranched alkanes of at least 4 members (excludes halogenated alkanes) is 1. The van der Waals surface area contributed by atoms with Crippen LogP contribution >= 0.6 is 11.3 Å². The van der Waals surface area contributed by atoms with Crippen molar-refractivity contribution in [3.05, 3.63) is 66.0 Å². The van der Waals surface area contributed by atoms with E-state index in [1.54, 1.807) is 0 Å². The standard InChI is InChI=1S/C25H34N6OS.C2H6/c1-2-24(26)30-13-14-32-21-10-9-19(23-16-18-7-3-4-8-22(18)33-23)15-20(21)17-29-11-5-6-12-31-25(27)28;1-2/h2-4,7-10,15-16,29-30H,5-6,11-14,17,26H2,1H3,(H4,27,28,31);1-2H3/b24-2+;. The minimum atomic E-state index is 0.147. The molecule has 3 rings (SSSR count). The number of nitrogens with two attached hydrogens (primary N) is 3. The molecule has 3 aromatic rings. The van der Waals surface area contributed by atoms with E-state index in [0.29, 0.717) is 25.5 Å². The van der Waals surface area contributed by atoms with E-state index in [1.807, 2.05) is 38.2 Å². The molecular formula is C27H40N6OS. The predicted octanol–water partition coefficient (Wildman–Crippen LogP) is 4.53. The predicted molar refractivity (Wildman–Crippen MR) is 152 cm³/mol. The molecule has 8 N–H and O–H groups in total. The van der Waals surface area contributed by atoms with Gasteiger partial charge in [-0.05, 0) is 73.7 Å². The van der Waals surface area contributed by atoms with Gasteiger partial charge in [0.15, 0.2) is 5.96 Å². The molecule has 7 nitrogen and oxygen atoms in total. The molecular weight excluding hydrogens is 456 g/mol. The largest absolute Gasteiger partial charge is 0.491 e. The summed E-state index contributed by atoms with van der Waals surface area (Å²) in [6.07, 6.45) is 3.77. The minimum absolute atomic E-state index is 0.147. The fourth-order valence-corrected chi connectivity index (χ4v) is 4.45. The van der Waals surface area contributed by atoms with Crippen molar-refractivity contribution < 1.29 is 4.74 Å². The Labute approximate surface area is 213 Å².